The molecule has 1 saturated carbocycles. The van der Waals surface area contributed by atoms with Gasteiger partial charge in [-0.3, -0.25) is 9.59 Å². The van der Waals surface area contributed by atoms with Gasteiger partial charge in [0.2, 0.25) is 5.91 Å². The molecule has 5 unspecified atom stereocenters. The summed E-state index contributed by atoms with van der Waals surface area (Å²) in [6, 6.07) is 10.5. The van der Waals surface area contributed by atoms with E-state index >= 15 is 0 Å². The lowest BCUT2D eigenvalue weighted by Gasteiger charge is -2.35. The van der Waals surface area contributed by atoms with Crippen LogP contribution in [0.15, 0.2) is 30.3 Å². The second-order valence-electron chi connectivity index (χ2n) is 9.15. The molecular formula is C23H32ClN3O2. The van der Waals surface area contributed by atoms with Crippen molar-refractivity contribution in [1.29, 1.82) is 0 Å². The fraction of sp³-hybridized carbons (Fsp3) is 0.652. The number of hydrogen-bond donors (Lipinski definition) is 1. The molecule has 1 N–H and O–H groups in total. The zero-order valence-corrected chi connectivity index (χ0v) is 17.8. The monoisotopic (exact) mass is 417 g/mol. The lowest BCUT2D eigenvalue weighted by molar-refractivity contribution is -0.135. The molecule has 0 aromatic heterocycles. The third-order valence-corrected chi connectivity index (χ3v) is 7.46. The molecule has 29 heavy (non-hydrogen) atoms. The summed E-state index contributed by atoms with van der Waals surface area (Å²) in [5, 5.41) is 3.66. The Bertz CT molecular complexity index is 743. The SMILES string of the molecule is Cl.O=C(C1CC2CCCCC2N1C(=O)c1ccccc1)N1CCC2CCC(C1)N2. The quantitative estimate of drug-likeness (QED) is 0.803. The van der Waals surface area contributed by atoms with E-state index in [1.165, 1.54) is 12.8 Å². The van der Waals surface area contributed by atoms with Crippen LogP contribution in [0.1, 0.15) is 61.7 Å². The second-order valence-corrected chi connectivity index (χ2v) is 9.15. The molecule has 1 aromatic carbocycles. The van der Waals surface area contributed by atoms with Gasteiger partial charge in [0.15, 0.2) is 0 Å². The first kappa shape index (κ1) is 20.7. The minimum Gasteiger partial charge on any atom is -0.339 e. The highest BCUT2D eigenvalue weighted by Gasteiger charge is 2.49. The molecule has 3 heterocycles. The first-order chi connectivity index (χ1) is 13.7. The van der Waals surface area contributed by atoms with Crippen molar-refractivity contribution in [3.05, 3.63) is 35.9 Å². The summed E-state index contributed by atoms with van der Waals surface area (Å²) >= 11 is 0. The van der Waals surface area contributed by atoms with Crippen molar-refractivity contribution < 1.29 is 9.59 Å². The number of benzene rings is 1. The summed E-state index contributed by atoms with van der Waals surface area (Å²) in [5.74, 6) is 0.716. The lowest BCUT2D eigenvalue weighted by atomic mass is 9.84. The van der Waals surface area contributed by atoms with E-state index in [0.717, 1.165) is 51.6 Å². The number of carbonyl (C=O) groups is 2. The molecular weight excluding hydrogens is 386 g/mol. The number of halogens is 1. The van der Waals surface area contributed by atoms with Crippen LogP contribution in [0.2, 0.25) is 0 Å². The van der Waals surface area contributed by atoms with Crippen LogP contribution >= 0.6 is 12.4 Å². The number of nitrogens with one attached hydrogen (secondary N) is 1. The van der Waals surface area contributed by atoms with Crippen LogP contribution in [-0.2, 0) is 4.79 Å². The second kappa shape index (κ2) is 8.65. The van der Waals surface area contributed by atoms with E-state index in [1.807, 2.05) is 35.2 Å². The molecule has 1 aromatic rings. The Hall–Kier alpha value is -1.59. The van der Waals surface area contributed by atoms with Gasteiger partial charge in [-0.15, -0.1) is 12.4 Å². The van der Waals surface area contributed by atoms with E-state index in [1.54, 1.807) is 0 Å². The van der Waals surface area contributed by atoms with Gasteiger partial charge >= 0.3 is 0 Å². The molecule has 2 amide bonds. The maximum Gasteiger partial charge on any atom is 0.254 e. The van der Waals surface area contributed by atoms with Gasteiger partial charge in [-0.25, -0.2) is 0 Å². The van der Waals surface area contributed by atoms with Gasteiger partial charge in [0.05, 0.1) is 0 Å². The predicted molar refractivity (Wildman–Crippen MR) is 115 cm³/mol. The van der Waals surface area contributed by atoms with Crippen LogP contribution in [0.4, 0.5) is 0 Å². The van der Waals surface area contributed by atoms with E-state index in [-0.39, 0.29) is 36.3 Å². The summed E-state index contributed by atoms with van der Waals surface area (Å²) < 4.78 is 0. The fourth-order valence-electron chi connectivity index (χ4n) is 6.06. The van der Waals surface area contributed by atoms with Gasteiger partial charge in [-0.05, 0) is 56.6 Å². The first-order valence-electron chi connectivity index (χ1n) is 11.1. The van der Waals surface area contributed by atoms with Crippen LogP contribution in [-0.4, -0.2) is 58.9 Å². The summed E-state index contributed by atoms with van der Waals surface area (Å²) in [7, 11) is 0. The normalized spacial score (nSPS) is 33.6. The average molecular weight is 418 g/mol. The minimum absolute atomic E-state index is 0. The summed E-state index contributed by atoms with van der Waals surface area (Å²) in [4.78, 5) is 31.1. The molecule has 1 aliphatic carbocycles. The van der Waals surface area contributed by atoms with Crippen LogP contribution in [0, 0.1) is 5.92 Å². The van der Waals surface area contributed by atoms with E-state index < -0.39 is 0 Å². The van der Waals surface area contributed by atoms with Crippen molar-refractivity contribution in [2.24, 2.45) is 5.92 Å². The first-order valence-corrected chi connectivity index (χ1v) is 11.1. The smallest absolute Gasteiger partial charge is 0.254 e. The van der Waals surface area contributed by atoms with Crippen molar-refractivity contribution >= 4 is 24.2 Å². The van der Waals surface area contributed by atoms with Crippen LogP contribution in [0.5, 0.6) is 0 Å². The molecule has 5 nitrogen and oxygen atoms in total. The number of fused-ring (bicyclic) bond motifs is 3. The number of nitrogens with zero attached hydrogens (tertiary/aromatic N) is 2. The number of hydrogen-bond acceptors (Lipinski definition) is 3. The largest absolute Gasteiger partial charge is 0.339 e. The number of likely N-dealkylation sites (tertiary alicyclic amines) is 2. The van der Waals surface area contributed by atoms with Crippen LogP contribution < -0.4 is 5.32 Å². The standard InChI is InChI=1S/C23H31N3O2.ClH/c27-22(16-6-2-1-3-7-16)26-20-9-5-4-8-17(20)14-21(26)23(28)25-13-12-18-10-11-19(15-25)24-18;/h1-3,6-7,17-21,24H,4-5,8-15H2;1H. The molecule has 0 radical (unpaired) electrons. The van der Waals surface area contributed by atoms with Crippen LogP contribution in [0.25, 0.3) is 0 Å². The maximum atomic E-state index is 13.6. The highest BCUT2D eigenvalue weighted by atomic mass is 35.5. The molecule has 3 saturated heterocycles. The summed E-state index contributed by atoms with van der Waals surface area (Å²) in [6.07, 6.45) is 8.87. The topological polar surface area (TPSA) is 52.7 Å². The van der Waals surface area contributed by atoms with Crippen molar-refractivity contribution in [3.8, 4) is 0 Å². The molecule has 6 heteroatoms. The van der Waals surface area contributed by atoms with E-state index in [0.29, 0.717) is 23.6 Å². The van der Waals surface area contributed by atoms with Gasteiger partial charge < -0.3 is 15.1 Å². The molecule has 0 spiro atoms. The third-order valence-electron chi connectivity index (χ3n) is 7.46. The Labute approximate surface area is 179 Å². The Morgan fingerprint density at radius 2 is 1.69 bits per heavy atom. The number of amides is 2. The van der Waals surface area contributed by atoms with Crippen molar-refractivity contribution in [2.75, 3.05) is 13.1 Å². The van der Waals surface area contributed by atoms with Gasteiger partial charge in [-0.1, -0.05) is 31.0 Å². The molecule has 2 bridgehead atoms. The van der Waals surface area contributed by atoms with Crippen molar-refractivity contribution in [2.45, 2.75) is 75.5 Å². The highest BCUT2D eigenvalue weighted by molar-refractivity contribution is 5.98. The maximum absolute atomic E-state index is 13.6. The number of carbonyl (C=O) groups excluding carboxylic acids is 2. The zero-order chi connectivity index (χ0) is 19.1. The number of rotatable bonds is 2. The molecule has 4 fully saturated rings. The Balaban J connectivity index is 0.00000205. The molecule has 5 atom stereocenters. The van der Waals surface area contributed by atoms with Gasteiger partial charge in [-0.2, -0.15) is 0 Å². The molecule has 158 valence electrons. The molecule has 3 aliphatic heterocycles. The molecule has 5 rings (SSSR count). The summed E-state index contributed by atoms with van der Waals surface area (Å²) in [5.41, 5.74) is 0.711. The zero-order valence-electron chi connectivity index (χ0n) is 17.0. The minimum atomic E-state index is -0.280. The van der Waals surface area contributed by atoms with Crippen LogP contribution in [0.3, 0.4) is 0 Å². The van der Waals surface area contributed by atoms with E-state index in [4.69, 9.17) is 0 Å². The van der Waals surface area contributed by atoms with Gasteiger partial charge in [0.25, 0.3) is 5.91 Å². The lowest BCUT2D eigenvalue weighted by Crippen LogP contribution is -2.52. The Morgan fingerprint density at radius 1 is 0.931 bits per heavy atom. The Kier molecular flexibility index (Phi) is 6.16. The Morgan fingerprint density at radius 3 is 2.52 bits per heavy atom. The third kappa shape index (κ3) is 3.91. The highest BCUT2D eigenvalue weighted by Crippen LogP contribution is 2.41. The van der Waals surface area contributed by atoms with Gasteiger partial charge in [0, 0.05) is 36.8 Å². The van der Waals surface area contributed by atoms with Crippen molar-refractivity contribution in [1.82, 2.24) is 15.1 Å². The van der Waals surface area contributed by atoms with Gasteiger partial charge in [0.1, 0.15) is 6.04 Å². The fourth-order valence-corrected chi connectivity index (χ4v) is 6.06. The molecule has 4 aliphatic rings. The predicted octanol–water partition coefficient (Wildman–Crippen LogP) is 3.23. The van der Waals surface area contributed by atoms with E-state index in [2.05, 4.69) is 10.2 Å². The average Bonchev–Trinajstić information content (AvgIpc) is 3.27. The van der Waals surface area contributed by atoms with E-state index in [9.17, 15) is 9.59 Å². The van der Waals surface area contributed by atoms with Crippen molar-refractivity contribution in [3.63, 3.8) is 0 Å². The summed E-state index contributed by atoms with van der Waals surface area (Å²) in [6.45, 7) is 1.63.